The fourth-order valence-corrected chi connectivity index (χ4v) is 3.61. The molecule has 2 fully saturated rings. The Bertz CT molecular complexity index is 719. The van der Waals surface area contributed by atoms with Crippen molar-refractivity contribution in [3.8, 4) is 5.82 Å². The van der Waals surface area contributed by atoms with E-state index in [9.17, 15) is 4.79 Å². The molecule has 2 aliphatic heterocycles. The second-order valence-electron chi connectivity index (χ2n) is 6.89. The van der Waals surface area contributed by atoms with Crippen LogP contribution in [-0.2, 0) is 4.79 Å². The van der Waals surface area contributed by atoms with Gasteiger partial charge in [0, 0.05) is 57.7 Å². The van der Waals surface area contributed by atoms with E-state index in [0.29, 0.717) is 6.54 Å². The molecule has 0 radical (unpaired) electrons. The smallest absolute Gasteiger partial charge is 0.236 e. The summed E-state index contributed by atoms with van der Waals surface area (Å²) in [5, 5.41) is 4.22. The lowest BCUT2D eigenvalue weighted by atomic mass is 10.1. The van der Waals surface area contributed by atoms with Gasteiger partial charge in [0.05, 0.1) is 6.54 Å². The van der Waals surface area contributed by atoms with Crippen molar-refractivity contribution in [3.63, 3.8) is 0 Å². The number of carbonyl (C=O) groups excluding carboxylic acids is 1. The van der Waals surface area contributed by atoms with Crippen molar-refractivity contribution in [2.24, 2.45) is 0 Å². The summed E-state index contributed by atoms with van der Waals surface area (Å²) in [6.07, 6.45) is 8.73. The summed E-state index contributed by atoms with van der Waals surface area (Å²) in [5.41, 5.74) is 0. The van der Waals surface area contributed by atoms with E-state index in [1.807, 2.05) is 23.2 Å². The molecule has 8 nitrogen and oxygen atoms in total. The molecule has 26 heavy (non-hydrogen) atoms. The average molecular weight is 355 g/mol. The number of nitrogens with zero attached hydrogens (tertiary/aromatic N) is 7. The molecule has 0 spiro atoms. The number of aromatic nitrogens is 4. The lowest BCUT2D eigenvalue weighted by molar-refractivity contribution is -0.133. The summed E-state index contributed by atoms with van der Waals surface area (Å²) < 4.78 is 1.73. The fraction of sp³-hybridized carbons (Fsp3) is 0.556. The lowest BCUT2D eigenvalue weighted by Gasteiger charge is -2.36. The van der Waals surface area contributed by atoms with Gasteiger partial charge in [0.25, 0.3) is 0 Å². The molecule has 4 rings (SSSR count). The predicted molar refractivity (Wildman–Crippen MR) is 98.2 cm³/mol. The van der Waals surface area contributed by atoms with Crippen molar-refractivity contribution in [1.82, 2.24) is 29.5 Å². The highest BCUT2D eigenvalue weighted by molar-refractivity contribution is 5.78. The number of amides is 1. The van der Waals surface area contributed by atoms with E-state index >= 15 is 0 Å². The molecule has 0 aliphatic carbocycles. The number of hydrogen-bond donors (Lipinski definition) is 0. The molecule has 4 heterocycles. The maximum absolute atomic E-state index is 12.4. The number of hydrogen-bond acceptors (Lipinski definition) is 6. The third-order valence-electron chi connectivity index (χ3n) is 5.14. The Morgan fingerprint density at radius 2 is 1.73 bits per heavy atom. The van der Waals surface area contributed by atoms with Gasteiger partial charge < -0.3 is 9.80 Å². The highest BCUT2D eigenvalue weighted by atomic mass is 16.2. The molecule has 0 saturated carbocycles. The Balaban J connectivity index is 1.32. The van der Waals surface area contributed by atoms with Gasteiger partial charge in [-0.2, -0.15) is 5.10 Å². The number of piperidine rings is 1. The van der Waals surface area contributed by atoms with Crippen LogP contribution in [0.2, 0.25) is 0 Å². The predicted octanol–water partition coefficient (Wildman–Crippen LogP) is 0.797. The zero-order valence-electron chi connectivity index (χ0n) is 15.0. The molecular formula is C18H25N7O. The Morgan fingerprint density at radius 3 is 2.46 bits per heavy atom. The topological polar surface area (TPSA) is 70.4 Å². The van der Waals surface area contributed by atoms with Gasteiger partial charge >= 0.3 is 0 Å². The van der Waals surface area contributed by atoms with Gasteiger partial charge in [-0.3, -0.25) is 9.69 Å². The van der Waals surface area contributed by atoms with Gasteiger partial charge in [-0.25, -0.2) is 14.6 Å². The van der Waals surface area contributed by atoms with Crippen LogP contribution >= 0.6 is 0 Å². The van der Waals surface area contributed by atoms with Crippen LogP contribution in [0.15, 0.2) is 30.9 Å². The first-order chi connectivity index (χ1) is 12.8. The minimum Gasteiger partial charge on any atom is -0.354 e. The van der Waals surface area contributed by atoms with Crippen LogP contribution in [0.4, 0.5) is 5.82 Å². The number of anilines is 1. The summed E-state index contributed by atoms with van der Waals surface area (Å²) in [7, 11) is 0. The van der Waals surface area contributed by atoms with Crippen LogP contribution in [0, 0.1) is 0 Å². The molecule has 2 aromatic rings. The van der Waals surface area contributed by atoms with E-state index in [4.69, 9.17) is 0 Å². The number of rotatable bonds is 4. The highest BCUT2D eigenvalue weighted by Gasteiger charge is 2.23. The van der Waals surface area contributed by atoms with Gasteiger partial charge in [0.1, 0.15) is 12.1 Å². The molecule has 1 amide bonds. The lowest BCUT2D eigenvalue weighted by Crippen LogP contribution is -2.50. The largest absolute Gasteiger partial charge is 0.354 e. The van der Waals surface area contributed by atoms with E-state index in [1.54, 1.807) is 17.2 Å². The molecule has 0 aromatic carbocycles. The van der Waals surface area contributed by atoms with E-state index in [-0.39, 0.29) is 5.91 Å². The minimum atomic E-state index is 0.279. The Hall–Kier alpha value is -2.48. The number of likely N-dealkylation sites (tertiary alicyclic amines) is 1. The molecule has 0 atom stereocenters. The summed E-state index contributed by atoms with van der Waals surface area (Å²) in [6, 6.07) is 3.83. The zero-order valence-corrected chi connectivity index (χ0v) is 15.0. The van der Waals surface area contributed by atoms with Crippen LogP contribution in [0.25, 0.3) is 5.82 Å². The molecular weight excluding hydrogens is 330 g/mol. The Morgan fingerprint density at radius 1 is 0.962 bits per heavy atom. The maximum Gasteiger partial charge on any atom is 0.236 e. The third kappa shape index (κ3) is 3.85. The van der Waals surface area contributed by atoms with E-state index < -0.39 is 0 Å². The van der Waals surface area contributed by atoms with Crippen molar-refractivity contribution in [2.45, 2.75) is 19.3 Å². The molecule has 0 N–H and O–H groups in total. The van der Waals surface area contributed by atoms with Gasteiger partial charge in [0.2, 0.25) is 5.91 Å². The monoisotopic (exact) mass is 355 g/mol. The second-order valence-corrected chi connectivity index (χ2v) is 6.89. The van der Waals surface area contributed by atoms with Crippen LogP contribution in [0.1, 0.15) is 19.3 Å². The summed E-state index contributed by atoms with van der Waals surface area (Å²) in [5.74, 6) is 1.95. The minimum absolute atomic E-state index is 0.279. The fourth-order valence-electron chi connectivity index (χ4n) is 3.61. The SMILES string of the molecule is O=C(CN1CCN(c2cc(-n3cccn3)ncn2)CC1)N1CCCCC1. The molecule has 8 heteroatoms. The van der Waals surface area contributed by atoms with Crippen LogP contribution in [-0.4, -0.2) is 81.3 Å². The Labute approximate surface area is 153 Å². The van der Waals surface area contributed by atoms with Crippen LogP contribution in [0.5, 0.6) is 0 Å². The van der Waals surface area contributed by atoms with Gasteiger partial charge in [-0.15, -0.1) is 0 Å². The van der Waals surface area contributed by atoms with Gasteiger partial charge in [-0.05, 0) is 25.3 Å². The van der Waals surface area contributed by atoms with Gasteiger partial charge in [0.15, 0.2) is 5.82 Å². The second kappa shape index (κ2) is 7.82. The van der Waals surface area contributed by atoms with Crippen molar-refractivity contribution in [1.29, 1.82) is 0 Å². The molecule has 2 saturated heterocycles. The van der Waals surface area contributed by atoms with Crippen molar-refractivity contribution >= 4 is 11.7 Å². The summed E-state index contributed by atoms with van der Waals surface area (Å²) in [4.78, 5) is 27.7. The molecule has 2 aliphatic rings. The summed E-state index contributed by atoms with van der Waals surface area (Å²) in [6.45, 7) is 5.87. The average Bonchev–Trinajstić information content (AvgIpc) is 3.24. The van der Waals surface area contributed by atoms with E-state index in [0.717, 1.165) is 63.7 Å². The summed E-state index contributed by atoms with van der Waals surface area (Å²) >= 11 is 0. The number of carbonyl (C=O) groups is 1. The molecule has 138 valence electrons. The van der Waals surface area contributed by atoms with Crippen LogP contribution in [0.3, 0.4) is 0 Å². The first-order valence-electron chi connectivity index (χ1n) is 9.37. The van der Waals surface area contributed by atoms with Crippen molar-refractivity contribution in [2.75, 3.05) is 50.7 Å². The van der Waals surface area contributed by atoms with Gasteiger partial charge in [-0.1, -0.05) is 0 Å². The first-order valence-corrected chi connectivity index (χ1v) is 9.37. The number of piperazine rings is 1. The Kier molecular flexibility index (Phi) is 5.10. The standard InChI is InChI=1S/C18H25N7O/c26-18(24-6-2-1-3-7-24)14-22-9-11-23(12-10-22)16-13-17(20-15-19-16)25-8-4-5-21-25/h4-5,8,13,15H,1-3,6-7,9-12,14H2. The first kappa shape index (κ1) is 17.0. The molecule has 0 unspecified atom stereocenters. The third-order valence-corrected chi connectivity index (χ3v) is 5.14. The van der Waals surface area contributed by atoms with E-state index in [1.165, 1.54) is 6.42 Å². The molecule has 0 bridgehead atoms. The quantitative estimate of drug-likeness (QED) is 0.808. The van der Waals surface area contributed by atoms with Crippen molar-refractivity contribution < 1.29 is 4.79 Å². The van der Waals surface area contributed by atoms with Crippen molar-refractivity contribution in [3.05, 3.63) is 30.9 Å². The van der Waals surface area contributed by atoms with Crippen LogP contribution < -0.4 is 4.90 Å². The normalized spacial score (nSPS) is 18.9. The van der Waals surface area contributed by atoms with E-state index in [2.05, 4.69) is 24.9 Å². The molecule has 2 aromatic heterocycles. The maximum atomic E-state index is 12.4. The zero-order chi connectivity index (χ0) is 17.8. The highest BCUT2D eigenvalue weighted by Crippen LogP contribution is 2.16.